The van der Waals surface area contributed by atoms with Gasteiger partial charge in [0.2, 0.25) is 0 Å². The van der Waals surface area contributed by atoms with E-state index in [0.29, 0.717) is 4.90 Å². The van der Waals surface area contributed by atoms with E-state index < -0.39 is 21.5 Å². The van der Waals surface area contributed by atoms with Crippen LogP contribution < -0.4 is 0 Å². The molecule has 1 unspecified atom stereocenters. The van der Waals surface area contributed by atoms with E-state index in [-0.39, 0.29) is 5.69 Å². The van der Waals surface area contributed by atoms with Crippen LogP contribution in [0.15, 0.2) is 58.1 Å². The Bertz CT molecular complexity index is 703. The van der Waals surface area contributed by atoms with Crippen LogP contribution in [0.1, 0.15) is 5.56 Å². The largest absolute Gasteiger partial charge is 0.416 e. The smallest absolute Gasteiger partial charge is 0.265 e. The van der Waals surface area contributed by atoms with Crippen LogP contribution in [0.5, 0.6) is 0 Å². The van der Waals surface area contributed by atoms with Gasteiger partial charge >= 0.3 is 6.18 Å². The van der Waals surface area contributed by atoms with Crippen molar-refractivity contribution in [2.45, 2.75) is 11.1 Å². The van der Waals surface area contributed by atoms with Crippen molar-refractivity contribution in [3.05, 3.63) is 54.4 Å². The second-order valence-electron chi connectivity index (χ2n) is 4.12. The third-order valence-corrected chi connectivity index (χ3v) is 4.27. The predicted molar refractivity (Wildman–Crippen MR) is 70.1 cm³/mol. The molecule has 1 aromatic carbocycles. The summed E-state index contributed by atoms with van der Waals surface area (Å²) in [6.07, 6.45) is 0.0127. The zero-order valence-corrected chi connectivity index (χ0v) is 11.3. The van der Waals surface area contributed by atoms with Gasteiger partial charge in [-0.2, -0.15) is 17.5 Å². The lowest BCUT2D eigenvalue weighted by Crippen LogP contribution is -2.03. The maximum absolute atomic E-state index is 12.4. The first kappa shape index (κ1) is 14.5. The van der Waals surface area contributed by atoms with Crippen molar-refractivity contribution >= 4 is 15.4 Å². The highest BCUT2D eigenvalue weighted by atomic mass is 32.2. The van der Waals surface area contributed by atoms with Gasteiger partial charge in [-0.15, -0.1) is 0 Å². The molecule has 0 fully saturated rings. The first-order valence-electron chi connectivity index (χ1n) is 5.58. The molecule has 0 spiro atoms. The number of rotatable bonds is 2. The summed E-state index contributed by atoms with van der Waals surface area (Å²) >= 11 is 0. The molecule has 0 radical (unpaired) electrons. The van der Waals surface area contributed by atoms with E-state index in [4.69, 9.17) is 0 Å². The zero-order valence-electron chi connectivity index (χ0n) is 10.5. The number of alkyl halides is 3. The molecule has 0 N–H and O–H groups in total. The van der Waals surface area contributed by atoms with Crippen LogP contribution in [-0.4, -0.2) is 15.4 Å². The summed E-state index contributed by atoms with van der Waals surface area (Å²) in [5.74, 6) is 0. The van der Waals surface area contributed by atoms with Gasteiger partial charge in [0.1, 0.15) is 0 Å². The van der Waals surface area contributed by atoms with E-state index in [2.05, 4.69) is 9.35 Å². The SMILES string of the molecule is CS(=O)(=Nc1ccc(C(F)(F)F)cc1)c1ccncc1. The summed E-state index contributed by atoms with van der Waals surface area (Å²) < 4.78 is 53.7. The third-order valence-electron chi connectivity index (χ3n) is 2.56. The maximum Gasteiger partial charge on any atom is 0.416 e. The van der Waals surface area contributed by atoms with Gasteiger partial charge in [0, 0.05) is 18.6 Å². The van der Waals surface area contributed by atoms with E-state index in [1.165, 1.54) is 30.8 Å². The van der Waals surface area contributed by atoms with Gasteiger partial charge < -0.3 is 0 Å². The minimum atomic E-state index is -4.39. The van der Waals surface area contributed by atoms with Gasteiger partial charge in [0.25, 0.3) is 0 Å². The predicted octanol–water partition coefficient (Wildman–Crippen LogP) is 3.89. The normalized spacial score (nSPS) is 14.6. The number of halogens is 3. The van der Waals surface area contributed by atoms with Crippen LogP contribution in [-0.2, 0) is 15.9 Å². The average Bonchev–Trinajstić information content (AvgIpc) is 2.39. The lowest BCUT2D eigenvalue weighted by atomic mass is 10.2. The summed E-state index contributed by atoms with van der Waals surface area (Å²) in [5, 5.41) is 0. The van der Waals surface area contributed by atoms with E-state index in [1.807, 2.05) is 0 Å². The van der Waals surface area contributed by atoms with Gasteiger partial charge in [0.05, 0.1) is 25.9 Å². The standard InChI is InChI=1S/C13H11F3N2OS/c1-20(19,12-6-8-17-9-7-12)18-11-4-2-10(3-5-11)13(14,15)16/h2-9H,1H3. The Hall–Kier alpha value is -1.89. The van der Waals surface area contributed by atoms with Crippen molar-refractivity contribution in [1.29, 1.82) is 0 Å². The van der Waals surface area contributed by atoms with Gasteiger partial charge in [-0.25, -0.2) is 4.21 Å². The molecule has 2 rings (SSSR count). The van der Waals surface area contributed by atoms with Crippen molar-refractivity contribution in [2.24, 2.45) is 4.36 Å². The maximum atomic E-state index is 12.4. The molecule has 0 saturated heterocycles. The molecule has 1 aromatic heterocycles. The van der Waals surface area contributed by atoms with E-state index in [9.17, 15) is 17.4 Å². The highest BCUT2D eigenvalue weighted by Crippen LogP contribution is 2.30. The van der Waals surface area contributed by atoms with Crippen LogP contribution in [0, 0.1) is 0 Å². The van der Waals surface area contributed by atoms with E-state index in [0.717, 1.165) is 12.1 Å². The number of nitrogens with zero attached hydrogens (tertiary/aromatic N) is 2. The molecule has 0 bridgehead atoms. The van der Waals surface area contributed by atoms with Crippen LogP contribution in [0.4, 0.5) is 18.9 Å². The number of pyridine rings is 1. The molecule has 1 heterocycles. The molecule has 0 amide bonds. The summed E-state index contributed by atoms with van der Waals surface area (Å²) in [4.78, 5) is 4.29. The molecule has 3 nitrogen and oxygen atoms in total. The van der Waals surface area contributed by atoms with Crippen LogP contribution >= 0.6 is 0 Å². The molecule has 0 aliphatic carbocycles. The Morgan fingerprint density at radius 3 is 2.10 bits per heavy atom. The first-order chi connectivity index (χ1) is 9.29. The highest BCUT2D eigenvalue weighted by molar-refractivity contribution is 7.93. The van der Waals surface area contributed by atoms with Crippen molar-refractivity contribution in [2.75, 3.05) is 6.26 Å². The molecule has 0 aliphatic heterocycles. The second-order valence-corrected chi connectivity index (χ2v) is 6.38. The Morgan fingerprint density at radius 2 is 1.60 bits per heavy atom. The molecule has 0 saturated carbocycles. The summed E-state index contributed by atoms with van der Waals surface area (Å²) in [6, 6.07) is 7.37. The zero-order chi connectivity index (χ0) is 14.8. The summed E-state index contributed by atoms with van der Waals surface area (Å²) in [6.45, 7) is 0. The Morgan fingerprint density at radius 1 is 1.05 bits per heavy atom. The first-order valence-corrected chi connectivity index (χ1v) is 7.51. The van der Waals surface area contributed by atoms with Crippen LogP contribution in [0.25, 0.3) is 0 Å². The number of benzene rings is 1. The number of hydrogen-bond donors (Lipinski definition) is 0. The molecule has 106 valence electrons. The molecule has 0 aliphatic rings. The second kappa shape index (κ2) is 5.24. The minimum absolute atomic E-state index is 0.238. The lowest BCUT2D eigenvalue weighted by molar-refractivity contribution is -0.137. The fourth-order valence-electron chi connectivity index (χ4n) is 1.56. The highest BCUT2D eigenvalue weighted by Gasteiger charge is 2.29. The van der Waals surface area contributed by atoms with Crippen molar-refractivity contribution in [3.63, 3.8) is 0 Å². The Labute approximate surface area is 114 Å². The van der Waals surface area contributed by atoms with E-state index in [1.54, 1.807) is 12.1 Å². The Balaban J connectivity index is 2.38. The van der Waals surface area contributed by atoms with Crippen molar-refractivity contribution in [3.8, 4) is 0 Å². The average molecular weight is 300 g/mol. The van der Waals surface area contributed by atoms with Crippen molar-refractivity contribution in [1.82, 2.24) is 4.98 Å². The lowest BCUT2D eigenvalue weighted by Gasteiger charge is -2.07. The summed E-state index contributed by atoms with van der Waals surface area (Å²) in [5.41, 5.74) is -0.523. The molecule has 1 atom stereocenters. The van der Waals surface area contributed by atoms with Gasteiger partial charge in [-0.3, -0.25) is 4.98 Å². The van der Waals surface area contributed by atoms with Gasteiger partial charge in [-0.1, -0.05) is 0 Å². The summed E-state index contributed by atoms with van der Waals surface area (Å²) in [7, 11) is -2.71. The molecule has 7 heteroatoms. The monoisotopic (exact) mass is 300 g/mol. The number of aromatic nitrogens is 1. The van der Waals surface area contributed by atoms with Crippen LogP contribution in [0.2, 0.25) is 0 Å². The number of hydrogen-bond acceptors (Lipinski definition) is 3. The third kappa shape index (κ3) is 3.36. The molecule has 2 aromatic rings. The fraction of sp³-hybridized carbons (Fsp3) is 0.154. The minimum Gasteiger partial charge on any atom is -0.265 e. The molecular formula is C13H11F3N2OS. The van der Waals surface area contributed by atoms with Gasteiger partial charge in [0.15, 0.2) is 0 Å². The quantitative estimate of drug-likeness (QED) is 0.844. The van der Waals surface area contributed by atoms with E-state index >= 15 is 0 Å². The Kier molecular flexibility index (Phi) is 3.80. The fourth-order valence-corrected chi connectivity index (χ4v) is 2.81. The van der Waals surface area contributed by atoms with Gasteiger partial charge in [-0.05, 0) is 36.4 Å². The molecular weight excluding hydrogens is 289 g/mol. The topological polar surface area (TPSA) is 42.3 Å². The molecule has 20 heavy (non-hydrogen) atoms. The van der Waals surface area contributed by atoms with Crippen LogP contribution in [0.3, 0.4) is 0 Å². The van der Waals surface area contributed by atoms with Crippen molar-refractivity contribution < 1.29 is 17.4 Å².